The van der Waals surface area contributed by atoms with Gasteiger partial charge in [-0.2, -0.15) is 0 Å². The molecule has 0 saturated heterocycles. The summed E-state index contributed by atoms with van der Waals surface area (Å²) in [5.41, 5.74) is 1.23. The van der Waals surface area contributed by atoms with Crippen LogP contribution in [0.5, 0.6) is 5.75 Å². The summed E-state index contributed by atoms with van der Waals surface area (Å²) in [6.45, 7) is 0. The van der Waals surface area contributed by atoms with Crippen molar-refractivity contribution in [3.05, 3.63) is 58.6 Å². The summed E-state index contributed by atoms with van der Waals surface area (Å²) in [6, 6.07) is 12.7. The Hall–Kier alpha value is -3.26. The molecule has 0 bridgehead atoms. The van der Waals surface area contributed by atoms with Gasteiger partial charge in [0.05, 0.1) is 28.2 Å². The van der Waals surface area contributed by atoms with Crippen LogP contribution in [0.2, 0.25) is 0 Å². The van der Waals surface area contributed by atoms with Crippen molar-refractivity contribution in [1.29, 1.82) is 0 Å². The molecule has 0 unspecified atom stereocenters. The van der Waals surface area contributed by atoms with E-state index < -0.39 is 0 Å². The molecule has 0 spiro atoms. The number of carbonyl (C=O) groups is 1. The van der Waals surface area contributed by atoms with E-state index in [0.29, 0.717) is 28.3 Å². The summed E-state index contributed by atoms with van der Waals surface area (Å²) < 4.78 is 6.13. The first-order valence-corrected chi connectivity index (χ1v) is 9.16. The smallest absolute Gasteiger partial charge is 0.258 e. The Balaban J connectivity index is 1.45. The molecule has 0 fully saturated rings. The number of methoxy groups -OCH3 is 1. The lowest BCUT2D eigenvalue weighted by Gasteiger charge is -2.03. The molecule has 0 atom stereocenters. The maximum absolute atomic E-state index is 12.2. The number of aromatic nitrogens is 3. The number of hydrogen-bond acceptors (Lipinski definition) is 6. The summed E-state index contributed by atoms with van der Waals surface area (Å²) in [6.07, 6.45) is 0.533. The lowest BCUT2D eigenvalue weighted by molar-refractivity contribution is -0.116. The standard InChI is InChI=1S/C19H16N4O3S/c1-26-11-6-7-14-15(10-11)27-19(21-14)23-17(24)9-8-16-20-13-5-3-2-4-12(13)18(25)22-16/h2-7,10H,8-9H2,1H3,(H,20,22,25)(H,21,23,24). The average molecular weight is 380 g/mol. The van der Waals surface area contributed by atoms with Crippen LogP contribution < -0.4 is 15.6 Å². The van der Waals surface area contributed by atoms with E-state index >= 15 is 0 Å². The predicted molar refractivity (Wildman–Crippen MR) is 105 cm³/mol. The zero-order valence-corrected chi connectivity index (χ0v) is 15.3. The van der Waals surface area contributed by atoms with Crippen LogP contribution in [0.3, 0.4) is 0 Å². The molecule has 4 aromatic rings. The highest BCUT2D eigenvalue weighted by Crippen LogP contribution is 2.29. The molecule has 0 aliphatic rings. The number of aryl methyl sites for hydroxylation is 1. The summed E-state index contributed by atoms with van der Waals surface area (Å²) in [5, 5.41) is 3.87. The fourth-order valence-corrected chi connectivity index (χ4v) is 3.66. The zero-order chi connectivity index (χ0) is 18.8. The van der Waals surface area contributed by atoms with Crippen LogP contribution in [0.15, 0.2) is 47.3 Å². The molecule has 4 rings (SSSR count). The number of amides is 1. The van der Waals surface area contributed by atoms with Crippen LogP contribution in [0, 0.1) is 0 Å². The summed E-state index contributed by atoms with van der Waals surface area (Å²) in [7, 11) is 1.61. The van der Waals surface area contributed by atoms with Gasteiger partial charge in [0, 0.05) is 12.8 Å². The molecule has 1 amide bonds. The number of hydrogen-bond donors (Lipinski definition) is 2. The number of aromatic amines is 1. The third-order valence-corrected chi connectivity index (χ3v) is 5.03. The van der Waals surface area contributed by atoms with Crippen molar-refractivity contribution >= 4 is 43.5 Å². The van der Waals surface area contributed by atoms with Gasteiger partial charge in [0.25, 0.3) is 5.56 Å². The summed E-state index contributed by atoms with van der Waals surface area (Å²) >= 11 is 1.38. The van der Waals surface area contributed by atoms with Gasteiger partial charge >= 0.3 is 0 Å². The lowest BCUT2D eigenvalue weighted by Crippen LogP contribution is -2.16. The maximum Gasteiger partial charge on any atom is 0.258 e. The number of benzene rings is 2. The molecule has 2 heterocycles. The van der Waals surface area contributed by atoms with Crippen molar-refractivity contribution in [3.63, 3.8) is 0 Å². The van der Waals surface area contributed by atoms with E-state index in [1.807, 2.05) is 24.3 Å². The number of nitrogens with zero attached hydrogens (tertiary/aromatic N) is 2. The largest absolute Gasteiger partial charge is 0.497 e. The van der Waals surface area contributed by atoms with Gasteiger partial charge < -0.3 is 15.0 Å². The highest BCUT2D eigenvalue weighted by atomic mass is 32.1. The Morgan fingerprint density at radius 2 is 2.04 bits per heavy atom. The molecule has 0 radical (unpaired) electrons. The quantitative estimate of drug-likeness (QED) is 0.554. The van der Waals surface area contributed by atoms with Crippen molar-refractivity contribution in [2.75, 3.05) is 12.4 Å². The first kappa shape index (κ1) is 17.2. The molecular formula is C19H16N4O3S. The molecule has 2 aromatic heterocycles. The molecule has 0 aliphatic heterocycles. The van der Waals surface area contributed by atoms with Crippen LogP contribution in [0.4, 0.5) is 5.13 Å². The van der Waals surface area contributed by atoms with Crippen molar-refractivity contribution < 1.29 is 9.53 Å². The number of rotatable bonds is 5. The Morgan fingerprint density at radius 3 is 2.89 bits per heavy atom. The predicted octanol–water partition coefficient (Wildman–Crippen LogP) is 3.11. The topological polar surface area (TPSA) is 97.0 Å². The average Bonchev–Trinajstić information content (AvgIpc) is 3.07. The fourth-order valence-electron chi connectivity index (χ4n) is 2.75. The minimum atomic E-state index is -0.198. The third kappa shape index (κ3) is 3.65. The number of thiazole rings is 1. The second kappa shape index (κ2) is 7.16. The fraction of sp³-hybridized carbons (Fsp3) is 0.158. The molecule has 0 saturated carbocycles. The molecule has 136 valence electrons. The third-order valence-electron chi connectivity index (χ3n) is 4.09. The Bertz CT molecular complexity index is 1200. The maximum atomic E-state index is 12.2. The van der Waals surface area contributed by atoms with Crippen molar-refractivity contribution in [3.8, 4) is 5.75 Å². The van der Waals surface area contributed by atoms with Gasteiger partial charge in [-0.05, 0) is 30.3 Å². The molecule has 8 heteroatoms. The van der Waals surface area contributed by atoms with E-state index in [9.17, 15) is 9.59 Å². The number of para-hydroxylation sites is 1. The molecule has 0 aliphatic carbocycles. The van der Waals surface area contributed by atoms with E-state index in [2.05, 4.69) is 20.3 Å². The minimum absolute atomic E-state index is 0.183. The number of H-pyrrole nitrogens is 1. The number of anilines is 1. The highest BCUT2D eigenvalue weighted by Gasteiger charge is 2.10. The van der Waals surface area contributed by atoms with E-state index in [-0.39, 0.29) is 17.9 Å². The molecule has 2 N–H and O–H groups in total. The molecule has 7 nitrogen and oxygen atoms in total. The minimum Gasteiger partial charge on any atom is -0.497 e. The molecular weight excluding hydrogens is 364 g/mol. The summed E-state index contributed by atoms with van der Waals surface area (Å²) in [5.74, 6) is 1.05. The van der Waals surface area contributed by atoms with Crippen LogP contribution in [0.25, 0.3) is 21.1 Å². The van der Waals surface area contributed by atoms with Crippen LogP contribution in [0.1, 0.15) is 12.2 Å². The Kier molecular flexibility index (Phi) is 4.55. The van der Waals surface area contributed by atoms with E-state index in [1.54, 1.807) is 25.3 Å². The van der Waals surface area contributed by atoms with Crippen LogP contribution >= 0.6 is 11.3 Å². The van der Waals surface area contributed by atoms with Gasteiger partial charge in [0.2, 0.25) is 5.91 Å². The van der Waals surface area contributed by atoms with Crippen LogP contribution in [-0.4, -0.2) is 28.0 Å². The van der Waals surface area contributed by atoms with Crippen molar-refractivity contribution in [1.82, 2.24) is 15.0 Å². The number of fused-ring (bicyclic) bond motifs is 2. The lowest BCUT2D eigenvalue weighted by atomic mass is 10.2. The van der Waals surface area contributed by atoms with Gasteiger partial charge in [-0.3, -0.25) is 9.59 Å². The summed E-state index contributed by atoms with van der Waals surface area (Å²) in [4.78, 5) is 35.8. The van der Waals surface area contributed by atoms with Gasteiger partial charge in [0.15, 0.2) is 5.13 Å². The Labute approximate surface area is 158 Å². The second-order valence-corrected chi connectivity index (χ2v) is 6.96. The SMILES string of the molecule is COc1ccc2nc(NC(=O)CCc3nc4ccccc4c(=O)[nH]3)sc2c1. The van der Waals surface area contributed by atoms with E-state index in [0.717, 1.165) is 16.0 Å². The van der Waals surface area contributed by atoms with E-state index in [4.69, 9.17) is 4.74 Å². The normalized spacial score (nSPS) is 11.0. The molecule has 2 aromatic carbocycles. The molecule has 27 heavy (non-hydrogen) atoms. The first-order chi connectivity index (χ1) is 13.1. The van der Waals surface area contributed by atoms with Gasteiger partial charge in [-0.1, -0.05) is 23.5 Å². The van der Waals surface area contributed by atoms with E-state index in [1.165, 1.54) is 11.3 Å². The zero-order valence-electron chi connectivity index (χ0n) is 14.5. The van der Waals surface area contributed by atoms with Crippen molar-refractivity contribution in [2.24, 2.45) is 0 Å². The number of ether oxygens (including phenoxy) is 1. The highest BCUT2D eigenvalue weighted by molar-refractivity contribution is 7.22. The van der Waals surface area contributed by atoms with Crippen molar-refractivity contribution in [2.45, 2.75) is 12.8 Å². The monoisotopic (exact) mass is 380 g/mol. The Morgan fingerprint density at radius 1 is 1.19 bits per heavy atom. The number of carbonyl (C=O) groups excluding carboxylic acids is 1. The number of nitrogens with one attached hydrogen (secondary N) is 2. The van der Waals surface area contributed by atoms with Crippen LogP contribution in [-0.2, 0) is 11.2 Å². The second-order valence-electron chi connectivity index (χ2n) is 5.93. The first-order valence-electron chi connectivity index (χ1n) is 8.35. The van der Waals surface area contributed by atoms with Gasteiger partial charge in [0.1, 0.15) is 11.6 Å². The van der Waals surface area contributed by atoms with Gasteiger partial charge in [-0.15, -0.1) is 0 Å². The van der Waals surface area contributed by atoms with Gasteiger partial charge in [-0.25, -0.2) is 9.97 Å².